The van der Waals surface area contributed by atoms with Gasteiger partial charge in [0, 0.05) is 19.3 Å². The number of piperidine rings is 1. The van der Waals surface area contributed by atoms with Crippen LogP contribution in [0.2, 0.25) is 0 Å². The summed E-state index contributed by atoms with van der Waals surface area (Å²) in [7, 11) is 0. The normalized spacial score (nSPS) is 25.6. The third-order valence-electron chi connectivity index (χ3n) is 6.17. The Morgan fingerprint density at radius 2 is 1.96 bits per heavy atom. The number of likely N-dealkylation sites (tertiary alicyclic amines) is 1. The van der Waals surface area contributed by atoms with Crippen LogP contribution in [-0.2, 0) is 4.79 Å². The minimum Gasteiger partial charge on any atom is -0.309 e. The van der Waals surface area contributed by atoms with Crippen molar-refractivity contribution in [2.45, 2.75) is 44.9 Å². The lowest BCUT2D eigenvalue weighted by atomic mass is 9.70. The van der Waals surface area contributed by atoms with E-state index in [1.54, 1.807) is 12.4 Å². The topological polar surface area (TPSA) is 36.4 Å². The summed E-state index contributed by atoms with van der Waals surface area (Å²) in [5, 5.41) is 0. The van der Waals surface area contributed by atoms with Crippen LogP contribution >= 0.6 is 0 Å². The molecule has 3 heterocycles. The largest absolute Gasteiger partial charge is 0.309 e. The standard InChI is InChI=1S/C19H27N3O/c23-18-19(15-22(18)17-7-4-10-20-13-17)8-11-21(12-9-19)14-16-5-2-1-3-6-16/h4,7,10,13,16H,1-3,5-6,8-9,11-12,14-15H2. The van der Waals surface area contributed by atoms with E-state index in [1.165, 1.54) is 38.6 Å². The van der Waals surface area contributed by atoms with Crippen LogP contribution < -0.4 is 4.90 Å². The van der Waals surface area contributed by atoms with Crippen LogP contribution in [0.5, 0.6) is 0 Å². The summed E-state index contributed by atoms with van der Waals surface area (Å²) in [4.78, 5) is 21.4. The van der Waals surface area contributed by atoms with Crippen molar-refractivity contribution < 1.29 is 4.79 Å². The predicted molar refractivity (Wildman–Crippen MR) is 91.3 cm³/mol. The van der Waals surface area contributed by atoms with E-state index >= 15 is 0 Å². The molecule has 4 heteroatoms. The lowest BCUT2D eigenvalue weighted by molar-refractivity contribution is -0.138. The molecule has 3 fully saturated rings. The second-order valence-electron chi connectivity index (χ2n) is 7.69. The molecule has 1 spiro atoms. The number of β-lactam (4-membered cyclic amide) rings is 1. The Hall–Kier alpha value is -1.42. The molecule has 2 saturated heterocycles. The maximum absolute atomic E-state index is 12.7. The van der Waals surface area contributed by atoms with Crippen molar-refractivity contribution in [3.05, 3.63) is 24.5 Å². The molecule has 0 radical (unpaired) electrons. The second-order valence-corrected chi connectivity index (χ2v) is 7.69. The van der Waals surface area contributed by atoms with Crippen LogP contribution in [0.25, 0.3) is 0 Å². The van der Waals surface area contributed by atoms with Crippen molar-refractivity contribution in [2.24, 2.45) is 11.3 Å². The Labute approximate surface area is 138 Å². The molecule has 0 unspecified atom stereocenters. The first kappa shape index (κ1) is 15.1. The monoisotopic (exact) mass is 313 g/mol. The van der Waals surface area contributed by atoms with E-state index in [0.29, 0.717) is 5.91 Å². The first-order chi connectivity index (χ1) is 11.3. The maximum Gasteiger partial charge on any atom is 0.235 e. The summed E-state index contributed by atoms with van der Waals surface area (Å²) in [6.07, 6.45) is 12.7. The lowest BCUT2D eigenvalue weighted by Gasteiger charge is -2.52. The highest BCUT2D eigenvalue weighted by Gasteiger charge is 2.53. The first-order valence-corrected chi connectivity index (χ1v) is 9.21. The molecule has 0 aromatic carbocycles. The molecule has 1 aromatic heterocycles. The third-order valence-corrected chi connectivity index (χ3v) is 6.17. The van der Waals surface area contributed by atoms with Gasteiger partial charge in [0.1, 0.15) is 0 Å². The average molecular weight is 313 g/mol. The van der Waals surface area contributed by atoms with Gasteiger partial charge < -0.3 is 9.80 Å². The fourth-order valence-electron chi connectivity index (χ4n) is 4.63. The summed E-state index contributed by atoms with van der Waals surface area (Å²) in [6, 6.07) is 3.89. The Morgan fingerprint density at radius 3 is 2.61 bits per heavy atom. The number of nitrogens with zero attached hydrogens (tertiary/aromatic N) is 3. The van der Waals surface area contributed by atoms with Crippen molar-refractivity contribution >= 4 is 11.6 Å². The quantitative estimate of drug-likeness (QED) is 0.805. The predicted octanol–water partition coefficient (Wildman–Crippen LogP) is 3.09. The molecule has 4 nitrogen and oxygen atoms in total. The Kier molecular flexibility index (Phi) is 4.10. The highest BCUT2D eigenvalue weighted by molar-refractivity contribution is 6.04. The molecule has 124 valence electrons. The molecule has 0 atom stereocenters. The van der Waals surface area contributed by atoms with Gasteiger partial charge in [-0.3, -0.25) is 9.78 Å². The van der Waals surface area contributed by atoms with E-state index in [1.807, 2.05) is 17.0 Å². The zero-order valence-electron chi connectivity index (χ0n) is 13.9. The van der Waals surface area contributed by atoms with Gasteiger partial charge in [-0.2, -0.15) is 0 Å². The zero-order valence-corrected chi connectivity index (χ0v) is 13.9. The molecule has 0 N–H and O–H groups in total. The van der Waals surface area contributed by atoms with Crippen LogP contribution in [0.4, 0.5) is 5.69 Å². The van der Waals surface area contributed by atoms with Gasteiger partial charge in [0.15, 0.2) is 0 Å². The first-order valence-electron chi connectivity index (χ1n) is 9.21. The Morgan fingerprint density at radius 1 is 1.17 bits per heavy atom. The minimum absolute atomic E-state index is 0.0705. The van der Waals surface area contributed by atoms with Gasteiger partial charge in [-0.15, -0.1) is 0 Å². The van der Waals surface area contributed by atoms with Gasteiger partial charge >= 0.3 is 0 Å². The molecule has 3 aliphatic rings. The highest BCUT2D eigenvalue weighted by atomic mass is 16.2. The highest BCUT2D eigenvalue weighted by Crippen LogP contribution is 2.44. The van der Waals surface area contributed by atoms with Crippen molar-refractivity contribution in [3.63, 3.8) is 0 Å². The van der Waals surface area contributed by atoms with Gasteiger partial charge in [-0.1, -0.05) is 19.3 Å². The van der Waals surface area contributed by atoms with E-state index in [4.69, 9.17) is 0 Å². The van der Waals surface area contributed by atoms with E-state index in [9.17, 15) is 4.79 Å². The van der Waals surface area contributed by atoms with E-state index in [2.05, 4.69) is 9.88 Å². The molecule has 1 amide bonds. The van der Waals surface area contributed by atoms with Crippen LogP contribution in [0.1, 0.15) is 44.9 Å². The fourth-order valence-corrected chi connectivity index (χ4v) is 4.63. The number of amides is 1. The Balaban J connectivity index is 1.31. The number of carbonyl (C=O) groups excluding carboxylic acids is 1. The van der Waals surface area contributed by atoms with Gasteiger partial charge in [0.25, 0.3) is 0 Å². The maximum atomic E-state index is 12.7. The summed E-state index contributed by atoms with van der Waals surface area (Å²) in [5.41, 5.74) is 0.881. The Bertz CT molecular complexity index is 545. The van der Waals surface area contributed by atoms with Crippen LogP contribution in [0.15, 0.2) is 24.5 Å². The lowest BCUT2D eigenvalue weighted by Crippen LogP contribution is -2.65. The van der Waals surface area contributed by atoms with Crippen molar-refractivity contribution in [1.29, 1.82) is 0 Å². The number of aromatic nitrogens is 1. The molecular formula is C19H27N3O. The third kappa shape index (κ3) is 2.89. The van der Waals surface area contributed by atoms with Crippen LogP contribution in [-0.4, -0.2) is 42.0 Å². The number of carbonyl (C=O) groups is 1. The van der Waals surface area contributed by atoms with Gasteiger partial charge in [-0.25, -0.2) is 0 Å². The average Bonchev–Trinajstić information content (AvgIpc) is 2.62. The van der Waals surface area contributed by atoms with Crippen molar-refractivity contribution in [2.75, 3.05) is 31.1 Å². The molecule has 1 aliphatic carbocycles. The van der Waals surface area contributed by atoms with E-state index in [0.717, 1.165) is 44.1 Å². The second kappa shape index (κ2) is 6.23. The van der Waals surface area contributed by atoms with Gasteiger partial charge in [-0.05, 0) is 56.8 Å². The fraction of sp³-hybridized carbons (Fsp3) is 0.684. The molecule has 4 rings (SSSR count). The summed E-state index contributed by atoms with van der Waals surface area (Å²) in [6.45, 7) is 4.34. The minimum atomic E-state index is -0.0705. The van der Waals surface area contributed by atoms with Crippen LogP contribution in [0.3, 0.4) is 0 Å². The van der Waals surface area contributed by atoms with Crippen molar-refractivity contribution in [3.8, 4) is 0 Å². The number of hydrogen-bond acceptors (Lipinski definition) is 3. The number of anilines is 1. The van der Waals surface area contributed by atoms with Crippen molar-refractivity contribution in [1.82, 2.24) is 9.88 Å². The van der Waals surface area contributed by atoms with Gasteiger partial charge in [0.2, 0.25) is 5.91 Å². The van der Waals surface area contributed by atoms with E-state index in [-0.39, 0.29) is 5.41 Å². The molecule has 0 bridgehead atoms. The summed E-state index contributed by atoms with van der Waals surface area (Å²) in [5.74, 6) is 1.23. The van der Waals surface area contributed by atoms with Crippen LogP contribution in [0, 0.1) is 11.3 Å². The molecule has 2 aliphatic heterocycles. The smallest absolute Gasteiger partial charge is 0.235 e. The molecule has 1 saturated carbocycles. The molecule has 1 aromatic rings. The number of rotatable bonds is 3. The zero-order chi connectivity index (χ0) is 15.7. The molecular weight excluding hydrogens is 286 g/mol. The summed E-state index contributed by atoms with van der Waals surface area (Å²) < 4.78 is 0. The van der Waals surface area contributed by atoms with E-state index < -0.39 is 0 Å². The number of hydrogen-bond donors (Lipinski definition) is 0. The molecule has 23 heavy (non-hydrogen) atoms. The SMILES string of the molecule is O=C1N(c2cccnc2)CC12CCN(CC1CCCCC1)CC2. The number of pyridine rings is 1. The van der Waals surface area contributed by atoms with Gasteiger partial charge in [0.05, 0.1) is 17.3 Å². The summed E-state index contributed by atoms with van der Waals surface area (Å²) >= 11 is 0.